The zero-order valence-electron chi connectivity index (χ0n) is 13.6. The predicted octanol–water partition coefficient (Wildman–Crippen LogP) is 3.95. The molecule has 0 aromatic carbocycles. The van der Waals surface area contributed by atoms with Crippen LogP contribution in [0.15, 0.2) is 40.6 Å². The average Bonchev–Trinajstić information content (AvgIpc) is 3.19. The number of hydrogen-bond donors (Lipinski definition) is 0. The van der Waals surface area contributed by atoms with Crippen LogP contribution < -0.4 is 0 Å². The largest absolute Gasteiger partial charge is 0.461 e. The van der Waals surface area contributed by atoms with Gasteiger partial charge in [0, 0.05) is 42.3 Å². The summed E-state index contributed by atoms with van der Waals surface area (Å²) in [5.41, 5.74) is 2.19. The van der Waals surface area contributed by atoms with Gasteiger partial charge in [0.05, 0.1) is 17.0 Å². The van der Waals surface area contributed by atoms with Crippen LogP contribution in [0.5, 0.6) is 0 Å². The molecule has 0 amide bonds. The molecule has 0 aliphatic carbocycles. The Balaban J connectivity index is 1.60. The van der Waals surface area contributed by atoms with Crippen LogP contribution in [0, 0.1) is 0 Å². The Kier molecular flexibility index (Phi) is 4.83. The molecule has 3 rings (SSSR count). The Morgan fingerprint density at radius 3 is 2.61 bits per heavy atom. The lowest BCUT2D eigenvalue weighted by Crippen LogP contribution is -2.17. The molecule has 3 heterocycles. The van der Waals surface area contributed by atoms with Crippen molar-refractivity contribution >= 4 is 11.3 Å². The number of rotatable bonds is 6. The van der Waals surface area contributed by atoms with Gasteiger partial charge in [-0.15, -0.1) is 11.3 Å². The van der Waals surface area contributed by atoms with E-state index in [4.69, 9.17) is 4.42 Å². The molecular weight excluding hydrogens is 308 g/mol. The van der Waals surface area contributed by atoms with E-state index >= 15 is 0 Å². The van der Waals surface area contributed by atoms with Crippen molar-refractivity contribution in [2.45, 2.75) is 32.9 Å². The van der Waals surface area contributed by atoms with Gasteiger partial charge in [-0.3, -0.25) is 4.90 Å². The van der Waals surface area contributed by atoms with Crippen LogP contribution in [-0.2, 0) is 13.1 Å². The molecule has 0 N–H and O–H groups in total. The summed E-state index contributed by atoms with van der Waals surface area (Å²) in [5, 5.41) is 3.34. The average molecular weight is 328 g/mol. The third kappa shape index (κ3) is 4.03. The van der Waals surface area contributed by atoms with E-state index in [0.29, 0.717) is 17.5 Å². The molecule has 0 atom stereocenters. The van der Waals surface area contributed by atoms with Crippen LogP contribution in [0.2, 0.25) is 0 Å². The Labute approximate surface area is 140 Å². The van der Waals surface area contributed by atoms with Crippen molar-refractivity contribution in [1.29, 1.82) is 0 Å². The Morgan fingerprint density at radius 2 is 2.00 bits per heavy atom. The Hall–Kier alpha value is -2.05. The van der Waals surface area contributed by atoms with Gasteiger partial charge in [0.2, 0.25) is 0 Å². The van der Waals surface area contributed by atoms with E-state index in [-0.39, 0.29) is 0 Å². The maximum absolute atomic E-state index is 5.30. The standard InChI is InChI=1S/C17H20N4OS/c1-12(2)17-20-14(11-23-17)10-21(3)9-13-7-18-16(19-8-13)15-5-4-6-22-15/h4-8,11-12H,9-10H2,1-3H3. The van der Waals surface area contributed by atoms with Gasteiger partial charge in [0.1, 0.15) is 0 Å². The van der Waals surface area contributed by atoms with E-state index < -0.39 is 0 Å². The molecule has 0 aliphatic rings. The second-order valence-corrected chi connectivity index (χ2v) is 6.79. The maximum Gasteiger partial charge on any atom is 0.195 e. The SMILES string of the molecule is CC(C)c1nc(CN(C)Cc2cnc(-c3ccco3)nc2)cs1. The van der Waals surface area contributed by atoms with E-state index in [0.717, 1.165) is 24.3 Å². The van der Waals surface area contributed by atoms with Crippen molar-refractivity contribution in [3.8, 4) is 11.6 Å². The number of nitrogens with zero attached hydrogens (tertiary/aromatic N) is 4. The number of thiazole rings is 1. The summed E-state index contributed by atoms with van der Waals surface area (Å²) in [6.45, 7) is 5.95. The summed E-state index contributed by atoms with van der Waals surface area (Å²) >= 11 is 1.73. The second kappa shape index (κ2) is 7.02. The van der Waals surface area contributed by atoms with Gasteiger partial charge in [-0.1, -0.05) is 13.8 Å². The minimum Gasteiger partial charge on any atom is -0.461 e. The summed E-state index contributed by atoms with van der Waals surface area (Å²) in [5.74, 6) is 1.79. The molecule has 6 heteroatoms. The van der Waals surface area contributed by atoms with E-state index in [1.165, 1.54) is 5.01 Å². The summed E-state index contributed by atoms with van der Waals surface area (Å²) in [6, 6.07) is 3.69. The zero-order chi connectivity index (χ0) is 16.2. The first kappa shape index (κ1) is 15.8. The number of aromatic nitrogens is 3. The normalized spacial score (nSPS) is 11.5. The molecule has 3 aromatic rings. The first-order valence-corrected chi connectivity index (χ1v) is 8.47. The molecule has 23 heavy (non-hydrogen) atoms. The zero-order valence-corrected chi connectivity index (χ0v) is 14.4. The third-order valence-corrected chi connectivity index (χ3v) is 4.59. The van der Waals surface area contributed by atoms with E-state index in [9.17, 15) is 0 Å². The summed E-state index contributed by atoms with van der Waals surface area (Å²) < 4.78 is 5.30. The van der Waals surface area contributed by atoms with Crippen LogP contribution in [0.25, 0.3) is 11.6 Å². The Bertz CT molecular complexity index is 734. The first-order chi connectivity index (χ1) is 11.1. The minimum atomic E-state index is 0.488. The fourth-order valence-electron chi connectivity index (χ4n) is 2.27. The highest BCUT2D eigenvalue weighted by molar-refractivity contribution is 7.09. The second-order valence-electron chi connectivity index (χ2n) is 5.90. The molecule has 0 saturated heterocycles. The number of hydrogen-bond acceptors (Lipinski definition) is 6. The molecule has 0 radical (unpaired) electrons. The molecule has 120 valence electrons. The van der Waals surface area contributed by atoms with Crippen LogP contribution in [-0.4, -0.2) is 26.9 Å². The van der Waals surface area contributed by atoms with Gasteiger partial charge < -0.3 is 4.42 Å². The van der Waals surface area contributed by atoms with Crippen molar-refractivity contribution in [3.05, 3.63) is 52.4 Å². The van der Waals surface area contributed by atoms with Crippen molar-refractivity contribution in [2.24, 2.45) is 0 Å². The monoisotopic (exact) mass is 328 g/mol. The van der Waals surface area contributed by atoms with E-state index in [2.05, 4.69) is 46.1 Å². The minimum absolute atomic E-state index is 0.488. The smallest absolute Gasteiger partial charge is 0.195 e. The maximum atomic E-state index is 5.30. The first-order valence-electron chi connectivity index (χ1n) is 7.59. The van der Waals surface area contributed by atoms with Crippen LogP contribution in [0.3, 0.4) is 0 Å². The van der Waals surface area contributed by atoms with Gasteiger partial charge >= 0.3 is 0 Å². The summed E-state index contributed by atoms with van der Waals surface area (Å²) in [4.78, 5) is 15.6. The highest BCUT2D eigenvalue weighted by Gasteiger charge is 2.09. The Morgan fingerprint density at radius 1 is 1.22 bits per heavy atom. The van der Waals surface area contributed by atoms with Crippen molar-refractivity contribution < 1.29 is 4.42 Å². The molecule has 3 aromatic heterocycles. The molecular formula is C17H20N4OS. The van der Waals surface area contributed by atoms with Gasteiger partial charge in [0.25, 0.3) is 0 Å². The number of furan rings is 1. The van der Waals surface area contributed by atoms with Gasteiger partial charge in [-0.05, 0) is 19.2 Å². The molecule has 0 fully saturated rings. The van der Waals surface area contributed by atoms with E-state index in [1.807, 2.05) is 24.5 Å². The highest BCUT2D eigenvalue weighted by Crippen LogP contribution is 2.20. The van der Waals surface area contributed by atoms with Crippen molar-refractivity contribution in [3.63, 3.8) is 0 Å². The van der Waals surface area contributed by atoms with E-state index in [1.54, 1.807) is 17.6 Å². The van der Waals surface area contributed by atoms with Crippen LogP contribution in [0.4, 0.5) is 0 Å². The van der Waals surface area contributed by atoms with Gasteiger partial charge in [-0.25, -0.2) is 15.0 Å². The van der Waals surface area contributed by atoms with Crippen LogP contribution >= 0.6 is 11.3 Å². The molecule has 0 aliphatic heterocycles. The summed E-state index contributed by atoms with van der Waals surface area (Å²) in [6.07, 6.45) is 5.32. The van der Waals surface area contributed by atoms with Crippen molar-refractivity contribution in [2.75, 3.05) is 7.05 Å². The third-order valence-electron chi connectivity index (χ3n) is 3.39. The fraction of sp³-hybridized carbons (Fsp3) is 0.353. The van der Waals surface area contributed by atoms with Crippen molar-refractivity contribution in [1.82, 2.24) is 19.9 Å². The molecule has 5 nitrogen and oxygen atoms in total. The lowest BCUT2D eigenvalue weighted by molar-refractivity contribution is 0.314. The van der Waals surface area contributed by atoms with Crippen LogP contribution in [0.1, 0.15) is 36.0 Å². The van der Waals surface area contributed by atoms with Gasteiger partial charge in [0.15, 0.2) is 11.6 Å². The fourth-order valence-corrected chi connectivity index (χ4v) is 3.10. The molecule has 0 unspecified atom stereocenters. The van der Waals surface area contributed by atoms with Gasteiger partial charge in [-0.2, -0.15) is 0 Å². The lowest BCUT2D eigenvalue weighted by atomic mass is 10.2. The topological polar surface area (TPSA) is 55.1 Å². The summed E-state index contributed by atoms with van der Waals surface area (Å²) in [7, 11) is 2.08. The molecule has 0 bridgehead atoms. The molecule has 0 spiro atoms. The predicted molar refractivity (Wildman–Crippen MR) is 91.1 cm³/mol. The lowest BCUT2D eigenvalue weighted by Gasteiger charge is -2.14. The molecule has 0 saturated carbocycles. The quantitative estimate of drug-likeness (QED) is 0.686. The highest BCUT2D eigenvalue weighted by atomic mass is 32.1.